The fourth-order valence-electron chi connectivity index (χ4n) is 3.20. The van der Waals surface area contributed by atoms with Crippen LogP contribution in [-0.4, -0.2) is 41.3 Å². The molecule has 0 aromatic heterocycles. The van der Waals surface area contributed by atoms with Crippen LogP contribution >= 0.6 is 0 Å². The second-order valence-corrected chi connectivity index (χ2v) is 9.22. The van der Waals surface area contributed by atoms with Crippen molar-refractivity contribution in [2.75, 3.05) is 32.3 Å². The van der Waals surface area contributed by atoms with E-state index in [1.165, 1.54) is 12.1 Å². The maximum Gasteiger partial charge on any atom is 0.279 e. The topological polar surface area (TPSA) is 76.9 Å². The van der Waals surface area contributed by atoms with E-state index >= 15 is 0 Å². The first kappa shape index (κ1) is 20.8. The molecule has 1 amide bonds. The number of hydrogen-bond acceptors (Lipinski definition) is 4. The van der Waals surface area contributed by atoms with Crippen LogP contribution in [0.2, 0.25) is 0 Å². The molecule has 0 radical (unpaired) electrons. The third-order valence-electron chi connectivity index (χ3n) is 4.63. The Balaban J connectivity index is 1.62. The lowest BCUT2D eigenvalue weighted by Crippen LogP contribution is -3.08. The van der Waals surface area contributed by atoms with Crippen LogP contribution in [0.25, 0.3) is 10.8 Å². The van der Waals surface area contributed by atoms with Gasteiger partial charge >= 0.3 is 0 Å². The molecule has 6 nitrogen and oxygen atoms in total. The minimum Gasteiger partial charge on any atom is -0.497 e. The summed E-state index contributed by atoms with van der Waals surface area (Å²) in [5, 5.41) is 5.00. The summed E-state index contributed by atoms with van der Waals surface area (Å²) in [7, 11) is 0.287. The van der Waals surface area contributed by atoms with E-state index in [-0.39, 0.29) is 17.3 Å². The van der Waals surface area contributed by atoms with E-state index in [1.807, 2.05) is 25.2 Å². The highest BCUT2D eigenvalue weighted by molar-refractivity contribution is 7.90. The van der Waals surface area contributed by atoms with E-state index in [0.29, 0.717) is 12.2 Å². The number of benzene rings is 3. The summed E-state index contributed by atoms with van der Waals surface area (Å²) in [6.07, 6.45) is 1.14. The van der Waals surface area contributed by atoms with Gasteiger partial charge in [0.2, 0.25) is 0 Å². The third-order valence-corrected chi connectivity index (χ3v) is 5.74. The number of fused-ring (bicyclic) bond motifs is 1. The zero-order chi connectivity index (χ0) is 21.0. The number of amides is 1. The molecule has 7 heteroatoms. The van der Waals surface area contributed by atoms with Crippen molar-refractivity contribution in [1.29, 1.82) is 0 Å². The van der Waals surface area contributed by atoms with E-state index in [9.17, 15) is 13.2 Å². The number of likely N-dealkylation sites (N-methyl/N-ethyl adjacent to an activating group) is 1. The van der Waals surface area contributed by atoms with E-state index in [2.05, 4.69) is 23.5 Å². The Kier molecular flexibility index (Phi) is 6.20. The SMILES string of the molecule is COc1ccc2cc(C[NH+](C)CC(=O)Nc3cccc(S(C)(=O)=O)c3)ccc2c1. The van der Waals surface area contributed by atoms with Crippen molar-refractivity contribution in [2.45, 2.75) is 11.4 Å². The molecule has 0 saturated heterocycles. The highest BCUT2D eigenvalue weighted by Crippen LogP contribution is 2.21. The van der Waals surface area contributed by atoms with Gasteiger partial charge in [0.25, 0.3) is 5.91 Å². The summed E-state index contributed by atoms with van der Waals surface area (Å²) in [4.78, 5) is 13.6. The Morgan fingerprint density at radius 1 is 1.03 bits per heavy atom. The molecular weight excluding hydrogens is 388 g/mol. The van der Waals surface area contributed by atoms with Crippen LogP contribution in [0.4, 0.5) is 5.69 Å². The van der Waals surface area contributed by atoms with Gasteiger partial charge in [-0.3, -0.25) is 4.79 Å². The fraction of sp³-hybridized carbons (Fsp3) is 0.227. The normalized spacial score (nSPS) is 12.5. The van der Waals surface area contributed by atoms with Gasteiger partial charge in [0.05, 0.1) is 19.1 Å². The van der Waals surface area contributed by atoms with Crippen LogP contribution in [0.15, 0.2) is 65.6 Å². The number of quaternary nitrogens is 1. The molecule has 0 fully saturated rings. The monoisotopic (exact) mass is 413 g/mol. The minimum absolute atomic E-state index is 0.168. The van der Waals surface area contributed by atoms with Gasteiger partial charge in [0.15, 0.2) is 16.4 Å². The number of carbonyl (C=O) groups is 1. The second kappa shape index (κ2) is 8.63. The molecular formula is C22H25N2O4S+. The number of anilines is 1. The van der Waals surface area contributed by atoms with Crippen molar-refractivity contribution >= 4 is 32.2 Å². The number of ether oxygens (including phenoxy) is 1. The Bertz CT molecular complexity index is 1140. The number of nitrogens with one attached hydrogen (secondary N) is 2. The average Bonchev–Trinajstić information content (AvgIpc) is 2.66. The zero-order valence-corrected chi connectivity index (χ0v) is 17.5. The van der Waals surface area contributed by atoms with Crippen LogP contribution in [-0.2, 0) is 21.2 Å². The molecule has 152 valence electrons. The van der Waals surface area contributed by atoms with Gasteiger partial charge in [0, 0.05) is 17.5 Å². The first-order chi connectivity index (χ1) is 13.7. The van der Waals surface area contributed by atoms with Gasteiger partial charge in [-0.05, 0) is 47.2 Å². The summed E-state index contributed by atoms with van der Waals surface area (Å²) in [6, 6.07) is 18.5. The Hall–Kier alpha value is -2.90. The molecule has 1 unspecified atom stereocenters. The number of sulfone groups is 1. The molecule has 3 rings (SSSR count). The van der Waals surface area contributed by atoms with Crippen LogP contribution < -0.4 is 15.0 Å². The number of carbonyl (C=O) groups excluding carboxylic acids is 1. The molecule has 0 aliphatic carbocycles. The summed E-state index contributed by atoms with van der Waals surface area (Å²) in [5.41, 5.74) is 1.61. The van der Waals surface area contributed by atoms with Crippen molar-refractivity contribution in [1.82, 2.24) is 0 Å². The van der Waals surface area contributed by atoms with Crippen LogP contribution in [0.1, 0.15) is 5.56 Å². The molecule has 0 aliphatic heterocycles. The Morgan fingerprint density at radius 2 is 1.76 bits per heavy atom. The predicted molar refractivity (Wildman–Crippen MR) is 114 cm³/mol. The molecule has 0 bridgehead atoms. The standard InChI is InChI=1S/C22H24N2O4S/c1-24(14-16-7-8-18-12-20(28-2)10-9-17(18)11-16)15-22(25)23-19-5-4-6-21(13-19)29(3,26)27/h4-13H,14-15H2,1-3H3,(H,23,25)/p+1. The van der Waals surface area contributed by atoms with E-state index in [0.717, 1.165) is 33.2 Å². The van der Waals surface area contributed by atoms with Crippen molar-refractivity contribution < 1.29 is 22.8 Å². The second-order valence-electron chi connectivity index (χ2n) is 7.21. The summed E-state index contributed by atoms with van der Waals surface area (Å²) in [6.45, 7) is 0.961. The molecule has 3 aromatic rings. The molecule has 29 heavy (non-hydrogen) atoms. The highest BCUT2D eigenvalue weighted by atomic mass is 32.2. The van der Waals surface area contributed by atoms with Gasteiger partial charge in [-0.25, -0.2) is 8.42 Å². The lowest BCUT2D eigenvalue weighted by Gasteiger charge is -2.15. The Labute approximate surface area is 171 Å². The van der Waals surface area contributed by atoms with Crippen LogP contribution in [0, 0.1) is 0 Å². The van der Waals surface area contributed by atoms with E-state index < -0.39 is 9.84 Å². The van der Waals surface area contributed by atoms with E-state index in [4.69, 9.17) is 4.74 Å². The van der Waals surface area contributed by atoms with Crippen molar-refractivity contribution in [3.63, 3.8) is 0 Å². The summed E-state index contributed by atoms with van der Waals surface area (Å²) in [5.74, 6) is 0.656. The number of hydrogen-bond donors (Lipinski definition) is 2. The first-order valence-corrected chi connectivity index (χ1v) is 11.1. The largest absolute Gasteiger partial charge is 0.497 e. The lowest BCUT2D eigenvalue weighted by atomic mass is 10.1. The van der Waals surface area contributed by atoms with Gasteiger partial charge in [-0.2, -0.15) is 0 Å². The van der Waals surface area contributed by atoms with E-state index in [1.54, 1.807) is 19.2 Å². The predicted octanol–water partition coefficient (Wildman–Crippen LogP) is 1.91. The molecule has 1 atom stereocenters. The smallest absolute Gasteiger partial charge is 0.279 e. The fourth-order valence-corrected chi connectivity index (χ4v) is 3.87. The minimum atomic E-state index is -3.31. The summed E-state index contributed by atoms with van der Waals surface area (Å²) < 4.78 is 28.6. The van der Waals surface area contributed by atoms with Gasteiger partial charge in [-0.1, -0.05) is 24.3 Å². The molecule has 0 saturated carbocycles. The maximum absolute atomic E-state index is 12.4. The molecule has 3 aromatic carbocycles. The van der Waals surface area contributed by atoms with Gasteiger partial charge in [0.1, 0.15) is 12.3 Å². The van der Waals surface area contributed by atoms with Crippen molar-refractivity contribution in [2.24, 2.45) is 0 Å². The van der Waals surface area contributed by atoms with Crippen LogP contribution in [0.5, 0.6) is 5.75 Å². The highest BCUT2D eigenvalue weighted by Gasteiger charge is 2.13. The van der Waals surface area contributed by atoms with Crippen LogP contribution in [0.3, 0.4) is 0 Å². The van der Waals surface area contributed by atoms with Crippen molar-refractivity contribution in [3.8, 4) is 5.75 Å². The molecule has 0 spiro atoms. The van der Waals surface area contributed by atoms with Crippen molar-refractivity contribution in [3.05, 3.63) is 66.2 Å². The van der Waals surface area contributed by atoms with Gasteiger partial charge < -0.3 is 15.0 Å². The molecule has 2 N–H and O–H groups in total. The maximum atomic E-state index is 12.4. The first-order valence-electron chi connectivity index (χ1n) is 9.22. The lowest BCUT2D eigenvalue weighted by molar-refractivity contribution is -0.885. The van der Waals surface area contributed by atoms with Gasteiger partial charge in [-0.15, -0.1) is 0 Å². The quantitative estimate of drug-likeness (QED) is 0.620. The number of rotatable bonds is 7. The summed E-state index contributed by atoms with van der Waals surface area (Å²) >= 11 is 0. The number of methoxy groups -OCH3 is 1. The average molecular weight is 414 g/mol. The Morgan fingerprint density at radius 3 is 2.48 bits per heavy atom. The molecule has 0 aliphatic rings. The molecule has 0 heterocycles. The third kappa shape index (κ3) is 5.56. The zero-order valence-electron chi connectivity index (χ0n) is 16.7.